The number of alkyl carbamates (subject to hydrolysis) is 1. The summed E-state index contributed by atoms with van der Waals surface area (Å²) in [7, 11) is 0. The maximum atomic E-state index is 14.0. The fourth-order valence-corrected chi connectivity index (χ4v) is 2.52. The van der Waals surface area contributed by atoms with Crippen LogP contribution in [0.1, 0.15) is 32.0 Å². The summed E-state index contributed by atoms with van der Waals surface area (Å²) in [4.78, 5) is 16.3. The van der Waals surface area contributed by atoms with Crippen molar-refractivity contribution in [1.29, 1.82) is 0 Å². The van der Waals surface area contributed by atoms with Crippen molar-refractivity contribution < 1.29 is 19.0 Å². The Morgan fingerprint density at radius 3 is 2.50 bits per heavy atom. The van der Waals surface area contributed by atoms with Gasteiger partial charge in [-0.2, -0.15) is 0 Å². The summed E-state index contributed by atoms with van der Waals surface area (Å²) in [5.41, 5.74) is 0.427. The molecular formula is C20H25FN2O3. The minimum absolute atomic E-state index is 0.139. The molecule has 1 heterocycles. The molecule has 0 saturated heterocycles. The first-order valence-corrected chi connectivity index (χ1v) is 8.55. The van der Waals surface area contributed by atoms with Crippen LogP contribution in [0.15, 0.2) is 48.7 Å². The molecule has 1 amide bonds. The van der Waals surface area contributed by atoms with Gasteiger partial charge in [0.15, 0.2) is 0 Å². The Bertz CT molecular complexity index is 716. The number of aliphatic hydroxyl groups excluding tert-OH is 1. The molecule has 0 radical (unpaired) electrons. The lowest BCUT2D eigenvalue weighted by Gasteiger charge is -2.27. The monoisotopic (exact) mass is 360 g/mol. The predicted molar refractivity (Wildman–Crippen MR) is 97.2 cm³/mol. The van der Waals surface area contributed by atoms with Crippen molar-refractivity contribution >= 4 is 6.09 Å². The maximum Gasteiger partial charge on any atom is 0.407 e. The fourth-order valence-electron chi connectivity index (χ4n) is 2.52. The average Bonchev–Trinajstić information content (AvgIpc) is 2.55. The number of rotatable bonds is 6. The lowest BCUT2D eigenvalue weighted by atomic mass is 9.97. The molecular weight excluding hydrogens is 335 g/mol. The molecule has 0 aliphatic carbocycles. The second-order valence-electron chi connectivity index (χ2n) is 7.14. The molecule has 26 heavy (non-hydrogen) atoms. The summed E-state index contributed by atoms with van der Waals surface area (Å²) in [6.07, 6.45) is 0.404. The van der Waals surface area contributed by atoms with E-state index < -0.39 is 23.8 Å². The zero-order chi connectivity index (χ0) is 19.2. The summed E-state index contributed by atoms with van der Waals surface area (Å²) in [6.45, 7) is 5.26. The van der Waals surface area contributed by atoms with Gasteiger partial charge in [0.2, 0.25) is 0 Å². The van der Waals surface area contributed by atoms with Crippen LogP contribution < -0.4 is 5.32 Å². The summed E-state index contributed by atoms with van der Waals surface area (Å²) < 4.78 is 19.3. The molecule has 0 unspecified atom stereocenters. The highest BCUT2D eigenvalue weighted by atomic mass is 19.1. The molecule has 2 atom stereocenters. The highest BCUT2D eigenvalue weighted by Gasteiger charge is 2.26. The second-order valence-corrected chi connectivity index (χ2v) is 7.14. The summed E-state index contributed by atoms with van der Waals surface area (Å²) in [5.74, 6) is -0.381. The number of carbonyl (C=O) groups is 1. The molecule has 0 spiro atoms. The van der Waals surface area contributed by atoms with Gasteiger partial charge in [0.25, 0.3) is 0 Å². The number of halogens is 1. The summed E-state index contributed by atoms with van der Waals surface area (Å²) >= 11 is 0. The standard InChI is InChI=1S/C20H25FN2O3/c1-20(2,3)26-19(25)23-17(12-14-8-4-5-10-16(14)21)18(24)13-15-9-6-7-11-22-15/h4-11,17-18,24H,12-13H2,1-3H3,(H,23,25)/t17-,18+/m1/s1. The molecule has 2 N–H and O–H groups in total. The Morgan fingerprint density at radius 1 is 1.19 bits per heavy atom. The molecule has 0 aliphatic heterocycles. The van der Waals surface area contributed by atoms with Crippen LogP contribution >= 0.6 is 0 Å². The molecule has 0 saturated carbocycles. The van der Waals surface area contributed by atoms with Crippen molar-refractivity contribution in [2.75, 3.05) is 0 Å². The van der Waals surface area contributed by atoms with Crippen LogP contribution in [-0.4, -0.2) is 33.9 Å². The Labute approximate surface area is 153 Å². The topological polar surface area (TPSA) is 71.5 Å². The van der Waals surface area contributed by atoms with Gasteiger partial charge in [0, 0.05) is 18.3 Å². The van der Waals surface area contributed by atoms with Crippen LogP contribution in [0.4, 0.5) is 9.18 Å². The van der Waals surface area contributed by atoms with Gasteiger partial charge in [-0.25, -0.2) is 9.18 Å². The molecule has 0 fully saturated rings. The minimum Gasteiger partial charge on any atom is -0.444 e. The van der Waals surface area contributed by atoms with Crippen molar-refractivity contribution in [1.82, 2.24) is 10.3 Å². The van der Waals surface area contributed by atoms with E-state index in [-0.39, 0.29) is 18.7 Å². The first-order chi connectivity index (χ1) is 12.2. The Kier molecular flexibility index (Phi) is 6.69. The molecule has 6 heteroatoms. The Morgan fingerprint density at radius 2 is 1.88 bits per heavy atom. The third-order valence-electron chi connectivity index (χ3n) is 3.71. The largest absolute Gasteiger partial charge is 0.444 e. The number of aliphatic hydroxyl groups is 1. The van der Waals surface area contributed by atoms with E-state index in [1.807, 2.05) is 6.07 Å². The smallest absolute Gasteiger partial charge is 0.407 e. The number of pyridine rings is 1. The molecule has 140 valence electrons. The Balaban J connectivity index is 2.14. The summed E-state index contributed by atoms with van der Waals surface area (Å²) in [6, 6.07) is 11.0. The molecule has 1 aromatic carbocycles. The molecule has 0 bridgehead atoms. The molecule has 2 aromatic rings. The zero-order valence-corrected chi connectivity index (χ0v) is 15.3. The quantitative estimate of drug-likeness (QED) is 0.829. The second kappa shape index (κ2) is 8.76. The van der Waals surface area contributed by atoms with Gasteiger partial charge in [-0.1, -0.05) is 24.3 Å². The first kappa shape index (κ1) is 19.8. The normalized spacial score (nSPS) is 13.7. The SMILES string of the molecule is CC(C)(C)OC(=O)N[C@H](Cc1ccccc1F)[C@@H](O)Cc1ccccn1. The average molecular weight is 360 g/mol. The Hall–Kier alpha value is -2.47. The van der Waals surface area contributed by atoms with Crippen LogP contribution in [0.3, 0.4) is 0 Å². The first-order valence-electron chi connectivity index (χ1n) is 8.55. The minimum atomic E-state index is -0.947. The van der Waals surface area contributed by atoms with Crippen molar-refractivity contribution in [3.05, 3.63) is 65.7 Å². The third-order valence-corrected chi connectivity index (χ3v) is 3.71. The number of carbonyl (C=O) groups excluding carboxylic acids is 1. The lowest BCUT2D eigenvalue weighted by Crippen LogP contribution is -2.47. The van der Waals surface area contributed by atoms with Gasteiger partial charge in [0.05, 0.1) is 12.1 Å². The van der Waals surface area contributed by atoms with E-state index in [0.717, 1.165) is 0 Å². The maximum absolute atomic E-state index is 14.0. The molecule has 1 aromatic heterocycles. The predicted octanol–water partition coefficient (Wildman–Crippen LogP) is 3.26. The van der Waals surface area contributed by atoms with Crippen LogP contribution in [0, 0.1) is 5.82 Å². The van der Waals surface area contributed by atoms with E-state index >= 15 is 0 Å². The van der Waals surface area contributed by atoms with E-state index in [9.17, 15) is 14.3 Å². The van der Waals surface area contributed by atoms with Gasteiger partial charge in [-0.05, 0) is 51.0 Å². The van der Waals surface area contributed by atoms with E-state index in [4.69, 9.17) is 4.74 Å². The van der Waals surface area contributed by atoms with Crippen molar-refractivity contribution in [3.63, 3.8) is 0 Å². The van der Waals surface area contributed by atoms with Crippen molar-refractivity contribution in [2.24, 2.45) is 0 Å². The van der Waals surface area contributed by atoms with Crippen LogP contribution in [0.2, 0.25) is 0 Å². The number of ether oxygens (including phenoxy) is 1. The number of aromatic nitrogens is 1. The van der Waals surface area contributed by atoms with Gasteiger partial charge in [-0.15, -0.1) is 0 Å². The zero-order valence-electron chi connectivity index (χ0n) is 15.3. The number of hydrogen-bond acceptors (Lipinski definition) is 4. The van der Waals surface area contributed by atoms with Crippen LogP contribution in [0.5, 0.6) is 0 Å². The highest BCUT2D eigenvalue weighted by molar-refractivity contribution is 5.68. The number of nitrogens with zero attached hydrogens (tertiary/aromatic N) is 1. The lowest BCUT2D eigenvalue weighted by molar-refractivity contribution is 0.0421. The van der Waals surface area contributed by atoms with E-state index in [1.54, 1.807) is 57.3 Å². The number of benzene rings is 1. The van der Waals surface area contributed by atoms with Crippen LogP contribution in [-0.2, 0) is 17.6 Å². The molecule has 5 nitrogen and oxygen atoms in total. The van der Waals surface area contributed by atoms with E-state index in [2.05, 4.69) is 10.3 Å². The third kappa shape index (κ3) is 6.44. The van der Waals surface area contributed by atoms with Crippen LogP contribution in [0.25, 0.3) is 0 Å². The van der Waals surface area contributed by atoms with E-state index in [0.29, 0.717) is 11.3 Å². The van der Waals surface area contributed by atoms with Gasteiger partial charge < -0.3 is 15.2 Å². The van der Waals surface area contributed by atoms with Gasteiger partial charge >= 0.3 is 6.09 Å². The molecule has 0 aliphatic rings. The van der Waals surface area contributed by atoms with Crippen molar-refractivity contribution in [3.8, 4) is 0 Å². The number of amides is 1. The van der Waals surface area contributed by atoms with Gasteiger partial charge in [0.1, 0.15) is 11.4 Å². The van der Waals surface area contributed by atoms with Crippen molar-refractivity contribution in [2.45, 2.75) is 51.4 Å². The highest BCUT2D eigenvalue weighted by Crippen LogP contribution is 2.14. The van der Waals surface area contributed by atoms with E-state index in [1.165, 1.54) is 6.07 Å². The molecule has 2 rings (SSSR count). The summed E-state index contributed by atoms with van der Waals surface area (Å²) in [5, 5.41) is 13.3. The van der Waals surface area contributed by atoms with Gasteiger partial charge in [-0.3, -0.25) is 4.98 Å². The number of nitrogens with one attached hydrogen (secondary N) is 1. The number of hydrogen-bond donors (Lipinski definition) is 2. The fraction of sp³-hybridized carbons (Fsp3) is 0.400.